The maximum Gasteiger partial charge on any atom is 0.416 e. The molecule has 0 saturated carbocycles. The Kier molecular flexibility index (Phi) is 10.2. The van der Waals surface area contributed by atoms with Gasteiger partial charge in [-0.25, -0.2) is 4.79 Å². The van der Waals surface area contributed by atoms with E-state index in [1.807, 2.05) is 33.8 Å². The standard InChI is InChI=1S/C33H42F3NO8/c1-19-10-6-7-11-21(19)26-28(45-18-32(42,17-38)22-16-20(33(34,35)36)13-14-23(22)43-5)25(31(2,3)4)27(30(40)41)37(26)29(39)24-12-8-9-15-44-24/h6-7,10-11,13-14,16,24-28,38,42H,8-9,12,15,17-18H2,1-5H3,(H,40,41)/t24-,25+,26-,27-,28-,32?/m0/s1. The van der Waals surface area contributed by atoms with E-state index in [0.717, 1.165) is 30.5 Å². The number of rotatable bonds is 9. The fourth-order valence-electron chi connectivity index (χ4n) is 6.63. The van der Waals surface area contributed by atoms with E-state index in [0.29, 0.717) is 24.7 Å². The molecular weight excluding hydrogens is 595 g/mol. The number of likely N-dealkylation sites (tertiary alicyclic amines) is 1. The van der Waals surface area contributed by atoms with E-state index in [-0.39, 0.29) is 11.3 Å². The van der Waals surface area contributed by atoms with Crippen LogP contribution < -0.4 is 4.74 Å². The van der Waals surface area contributed by atoms with E-state index in [9.17, 15) is 38.1 Å². The Morgan fingerprint density at radius 2 is 1.78 bits per heavy atom. The maximum absolute atomic E-state index is 14.2. The molecule has 2 aliphatic rings. The number of halogens is 3. The lowest BCUT2D eigenvalue weighted by Gasteiger charge is -2.37. The van der Waals surface area contributed by atoms with E-state index in [2.05, 4.69) is 0 Å². The molecule has 0 aromatic heterocycles. The Hall–Kier alpha value is -3.19. The van der Waals surface area contributed by atoms with Gasteiger partial charge in [0.1, 0.15) is 23.5 Å². The van der Waals surface area contributed by atoms with Gasteiger partial charge in [-0.05, 0) is 60.9 Å². The van der Waals surface area contributed by atoms with Gasteiger partial charge in [-0.3, -0.25) is 4.79 Å². The summed E-state index contributed by atoms with van der Waals surface area (Å²) in [6.07, 6.45) is -4.71. The van der Waals surface area contributed by atoms with Gasteiger partial charge in [0.25, 0.3) is 5.91 Å². The molecule has 0 spiro atoms. The number of carboxylic acids is 1. The SMILES string of the molecule is COc1ccc(C(F)(F)F)cc1C(O)(CO)CO[C@H]1[C@H](C(C)(C)C)[C@@H](C(=O)O)N(C(=O)[C@@H]2CCCCO2)[C@H]1c1ccccc1C. The van der Waals surface area contributed by atoms with Crippen LogP contribution in [0.5, 0.6) is 5.75 Å². The highest BCUT2D eigenvalue weighted by Crippen LogP contribution is 2.51. The number of nitrogens with zero attached hydrogens (tertiary/aromatic N) is 1. The molecule has 12 heteroatoms. The van der Waals surface area contributed by atoms with Crippen molar-refractivity contribution in [3.63, 3.8) is 0 Å². The fourth-order valence-corrected chi connectivity index (χ4v) is 6.63. The van der Waals surface area contributed by atoms with Gasteiger partial charge in [-0.1, -0.05) is 45.0 Å². The van der Waals surface area contributed by atoms with Crippen molar-refractivity contribution in [2.24, 2.45) is 11.3 Å². The first-order valence-electron chi connectivity index (χ1n) is 15.0. The molecule has 3 N–H and O–H groups in total. The monoisotopic (exact) mass is 637 g/mol. The zero-order valence-electron chi connectivity index (χ0n) is 26.1. The Morgan fingerprint density at radius 3 is 2.31 bits per heavy atom. The number of aliphatic carboxylic acids is 1. The molecule has 2 fully saturated rings. The van der Waals surface area contributed by atoms with E-state index in [4.69, 9.17) is 14.2 Å². The molecule has 45 heavy (non-hydrogen) atoms. The minimum absolute atomic E-state index is 0.105. The highest BCUT2D eigenvalue weighted by molar-refractivity contribution is 5.88. The highest BCUT2D eigenvalue weighted by atomic mass is 19.4. The van der Waals surface area contributed by atoms with Crippen molar-refractivity contribution in [2.75, 3.05) is 26.9 Å². The minimum atomic E-state index is -4.74. The van der Waals surface area contributed by atoms with Crippen molar-refractivity contribution in [1.82, 2.24) is 4.90 Å². The van der Waals surface area contributed by atoms with Gasteiger partial charge < -0.3 is 34.4 Å². The molecule has 4 rings (SSSR count). The predicted molar refractivity (Wildman–Crippen MR) is 157 cm³/mol. The molecule has 0 radical (unpaired) electrons. The van der Waals surface area contributed by atoms with Crippen molar-refractivity contribution < 1.29 is 52.3 Å². The van der Waals surface area contributed by atoms with Gasteiger partial charge in [0.05, 0.1) is 38.0 Å². The normalized spacial score (nSPS) is 25.6. The van der Waals surface area contributed by atoms with Crippen LogP contribution in [0, 0.1) is 18.3 Å². The summed E-state index contributed by atoms with van der Waals surface area (Å²) in [5.41, 5.74) is -3.19. The first-order chi connectivity index (χ1) is 21.0. The number of methoxy groups -OCH3 is 1. The maximum atomic E-state index is 14.2. The smallest absolute Gasteiger partial charge is 0.416 e. The Balaban J connectivity index is 1.86. The fraction of sp³-hybridized carbons (Fsp3) is 0.576. The summed E-state index contributed by atoms with van der Waals surface area (Å²) in [5, 5.41) is 32.7. The molecule has 0 aliphatic carbocycles. The second kappa shape index (κ2) is 13.3. The summed E-state index contributed by atoms with van der Waals surface area (Å²) in [5.74, 6) is -2.70. The lowest BCUT2D eigenvalue weighted by molar-refractivity contribution is -0.159. The van der Waals surface area contributed by atoms with Gasteiger partial charge >= 0.3 is 12.1 Å². The molecule has 2 aromatic rings. The number of carboxylic acid groups (broad SMARTS) is 1. The van der Waals surface area contributed by atoms with Crippen molar-refractivity contribution in [3.8, 4) is 5.75 Å². The van der Waals surface area contributed by atoms with Gasteiger partial charge in [0.15, 0.2) is 0 Å². The summed E-state index contributed by atoms with van der Waals surface area (Å²) in [6, 6.07) is 7.40. The van der Waals surface area contributed by atoms with Gasteiger partial charge in [-0.15, -0.1) is 0 Å². The third kappa shape index (κ3) is 6.98. The van der Waals surface area contributed by atoms with Crippen LogP contribution in [-0.2, 0) is 30.8 Å². The Labute approximate surface area is 260 Å². The Morgan fingerprint density at radius 1 is 1.09 bits per heavy atom. The quantitative estimate of drug-likeness (QED) is 0.356. The molecule has 6 atom stereocenters. The number of aliphatic hydroxyl groups is 2. The van der Waals surface area contributed by atoms with Crippen molar-refractivity contribution in [2.45, 2.75) is 83.0 Å². The van der Waals surface area contributed by atoms with Crippen LogP contribution in [0.4, 0.5) is 13.2 Å². The van der Waals surface area contributed by atoms with Crippen LogP contribution in [-0.4, -0.2) is 77.3 Å². The van der Waals surface area contributed by atoms with Gasteiger partial charge in [0.2, 0.25) is 0 Å². The number of carbonyl (C=O) groups is 2. The Bertz CT molecular complexity index is 1370. The van der Waals surface area contributed by atoms with Crippen molar-refractivity contribution >= 4 is 11.9 Å². The molecule has 9 nitrogen and oxygen atoms in total. The second-order valence-corrected chi connectivity index (χ2v) is 13.0. The lowest BCUT2D eigenvalue weighted by atomic mass is 9.73. The van der Waals surface area contributed by atoms with Gasteiger partial charge in [0, 0.05) is 18.1 Å². The summed E-state index contributed by atoms with van der Waals surface area (Å²) >= 11 is 0. The number of aliphatic hydroxyl groups excluding tert-OH is 1. The average Bonchev–Trinajstić information content (AvgIpc) is 3.35. The third-order valence-corrected chi connectivity index (χ3v) is 8.88. The summed E-state index contributed by atoms with van der Waals surface area (Å²) in [7, 11) is 1.22. The number of hydrogen-bond donors (Lipinski definition) is 3. The van der Waals surface area contributed by atoms with Crippen LogP contribution in [0.2, 0.25) is 0 Å². The van der Waals surface area contributed by atoms with Gasteiger partial charge in [-0.2, -0.15) is 13.2 Å². The number of benzene rings is 2. The zero-order valence-corrected chi connectivity index (χ0v) is 26.1. The first-order valence-corrected chi connectivity index (χ1v) is 15.0. The van der Waals surface area contributed by atoms with E-state index < -0.39 is 78.1 Å². The van der Waals surface area contributed by atoms with Crippen LogP contribution in [0.1, 0.15) is 68.3 Å². The third-order valence-electron chi connectivity index (χ3n) is 8.88. The molecule has 2 heterocycles. The van der Waals surface area contributed by atoms with E-state index in [1.165, 1.54) is 12.0 Å². The topological polar surface area (TPSA) is 126 Å². The molecule has 2 aliphatic heterocycles. The zero-order chi connectivity index (χ0) is 33.3. The van der Waals surface area contributed by atoms with Crippen LogP contribution in [0.15, 0.2) is 42.5 Å². The van der Waals surface area contributed by atoms with Crippen molar-refractivity contribution in [1.29, 1.82) is 0 Å². The second-order valence-electron chi connectivity index (χ2n) is 13.0. The molecule has 248 valence electrons. The first kappa shape index (κ1) is 34.7. The largest absolute Gasteiger partial charge is 0.496 e. The lowest BCUT2D eigenvalue weighted by Crippen LogP contribution is -2.51. The van der Waals surface area contributed by atoms with Crippen molar-refractivity contribution in [3.05, 3.63) is 64.7 Å². The number of amides is 1. The summed E-state index contributed by atoms with van der Waals surface area (Å²) in [6.45, 7) is 5.88. The minimum Gasteiger partial charge on any atom is -0.496 e. The van der Waals surface area contributed by atoms with Crippen LogP contribution in [0.25, 0.3) is 0 Å². The van der Waals surface area contributed by atoms with E-state index >= 15 is 0 Å². The number of carbonyl (C=O) groups excluding carboxylic acids is 1. The number of ether oxygens (including phenoxy) is 3. The molecule has 1 amide bonds. The number of hydrogen-bond acceptors (Lipinski definition) is 7. The average molecular weight is 638 g/mol. The molecular formula is C33H42F3NO8. The molecule has 0 bridgehead atoms. The van der Waals surface area contributed by atoms with Crippen LogP contribution in [0.3, 0.4) is 0 Å². The molecule has 1 unspecified atom stereocenters. The van der Waals surface area contributed by atoms with E-state index in [1.54, 1.807) is 18.2 Å². The van der Waals surface area contributed by atoms with Crippen LogP contribution >= 0.6 is 0 Å². The summed E-state index contributed by atoms with van der Waals surface area (Å²) in [4.78, 5) is 28.6. The molecule has 2 aromatic carbocycles. The highest BCUT2D eigenvalue weighted by Gasteiger charge is 2.60. The predicted octanol–water partition coefficient (Wildman–Crippen LogP) is 4.86. The molecule has 2 saturated heterocycles. The number of aryl methyl sites for hydroxylation is 1. The number of alkyl halides is 3. The summed E-state index contributed by atoms with van der Waals surface area (Å²) < 4.78 is 58.4.